The molecule has 0 aromatic carbocycles. The lowest BCUT2D eigenvalue weighted by atomic mass is 10.1. The van der Waals surface area contributed by atoms with Gasteiger partial charge in [-0.25, -0.2) is 9.78 Å². The summed E-state index contributed by atoms with van der Waals surface area (Å²) in [6.07, 6.45) is -1.59. The molecule has 0 saturated carbocycles. The van der Waals surface area contributed by atoms with E-state index in [4.69, 9.17) is 0 Å². The molecule has 0 spiro atoms. The van der Waals surface area contributed by atoms with Crippen molar-refractivity contribution in [1.29, 1.82) is 0 Å². The van der Waals surface area contributed by atoms with E-state index in [1.165, 1.54) is 6.07 Å². The molecule has 1 aliphatic rings. The minimum atomic E-state index is -4.73. The number of carboxylic acids is 1. The molecule has 2 aromatic heterocycles. The number of halogens is 3. The Bertz CT molecular complexity index is 764. The van der Waals surface area contributed by atoms with Gasteiger partial charge in [0.25, 0.3) is 0 Å². The third-order valence-electron chi connectivity index (χ3n) is 4.51. The summed E-state index contributed by atoms with van der Waals surface area (Å²) in [7, 11) is 0. The maximum atomic E-state index is 13.4. The third kappa shape index (κ3) is 2.86. The standard InChI is InChI=1S/C16H18F3N3O2/c1-10(21-8-3-2-4-9-21)11-6-5-7-12-13(14(23)24)20-15(22(11)12)16(17,18)19/h5-7,10H,2-4,8-9H2,1H3,(H,23,24). The number of aromatic carboxylic acids is 1. The second kappa shape index (κ2) is 6.08. The van der Waals surface area contributed by atoms with Crippen LogP contribution < -0.4 is 0 Å². The molecular weight excluding hydrogens is 323 g/mol. The van der Waals surface area contributed by atoms with Gasteiger partial charge >= 0.3 is 12.1 Å². The summed E-state index contributed by atoms with van der Waals surface area (Å²) in [5.41, 5.74) is -0.201. The van der Waals surface area contributed by atoms with E-state index < -0.39 is 23.7 Å². The highest BCUT2D eigenvalue weighted by Crippen LogP contribution is 2.34. The number of hydrogen-bond acceptors (Lipinski definition) is 3. The van der Waals surface area contributed by atoms with Crippen molar-refractivity contribution in [2.24, 2.45) is 0 Å². The maximum Gasteiger partial charge on any atom is 0.450 e. The van der Waals surface area contributed by atoms with Gasteiger partial charge in [0.2, 0.25) is 5.82 Å². The highest BCUT2D eigenvalue weighted by Gasteiger charge is 2.39. The Morgan fingerprint density at radius 1 is 1.25 bits per heavy atom. The molecular formula is C16H18F3N3O2. The number of likely N-dealkylation sites (tertiary alicyclic amines) is 1. The average molecular weight is 341 g/mol. The van der Waals surface area contributed by atoms with Crippen molar-refractivity contribution in [1.82, 2.24) is 14.3 Å². The quantitative estimate of drug-likeness (QED) is 0.927. The largest absolute Gasteiger partial charge is 0.476 e. The summed E-state index contributed by atoms with van der Waals surface area (Å²) in [6.45, 7) is 3.49. The van der Waals surface area contributed by atoms with E-state index in [-0.39, 0.29) is 11.6 Å². The molecule has 0 radical (unpaired) electrons. The predicted octanol–water partition coefficient (Wildman–Crippen LogP) is 3.60. The van der Waals surface area contributed by atoms with Crippen LogP contribution in [0.2, 0.25) is 0 Å². The number of carbonyl (C=O) groups is 1. The van der Waals surface area contributed by atoms with Gasteiger partial charge in [0.05, 0.1) is 5.52 Å². The lowest BCUT2D eigenvalue weighted by Crippen LogP contribution is -2.33. The molecule has 8 heteroatoms. The average Bonchev–Trinajstić information content (AvgIpc) is 2.95. The number of aromatic nitrogens is 2. The normalized spacial score (nSPS) is 18.0. The number of imidazole rings is 1. The Hall–Kier alpha value is -2.09. The number of alkyl halides is 3. The first-order chi connectivity index (χ1) is 11.3. The van der Waals surface area contributed by atoms with Gasteiger partial charge in [-0.2, -0.15) is 13.2 Å². The van der Waals surface area contributed by atoms with E-state index in [9.17, 15) is 23.1 Å². The Labute approximate surface area is 136 Å². The zero-order valence-electron chi connectivity index (χ0n) is 13.2. The zero-order chi connectivity index (χ0) is 17.5. The van der Waals surface area contributed by atoms with Gasteiger partial charge in [-0.3, -0.25) is 9.30 Å². The highest BCUT2D eigenvalue weighted by molar-refractivity contribution is 5.93. The van der Waals surface area contributed by atoms with Gasteiger partial charge in [0.1, 0.15) is 0 Å². The van der Waals surface area contributed by atoms with Crippen LogP contribution in [0.1, 0.15) is 54.2 Å². The summed E-state index contributed by atoms with van der Waals surface area (Å²) >= 11 is 0. The molecule has 0 bridgehead atoms. The van der Waals surface area contributed by atoms with Crippen molar-refractivity contribution < 1.29 is 23.1 Å². The van der Waals surface area contributed by atoms with Gasteiger partial charge in [-0.1, -0.05) is 12.5 Å². The fourth-order valence-corrected chi connectivity index (χ4v) is 3.33. The molecule has 1 atom stereocenters. The Morgan fingerprint density at radius 2 is 1.92 bits per heavy atom. The molecule has 2 aromatic rings. The number of nitrogens with zero attached hydrogens (tertiary/aromatic N) is 3. The van der Waals surface area contributed by atoms with Gasteiger partial charge in [-0.05, 0) is 45.0 Å². The summed E-state index contributed by atoms with van der Waals surface area (Å²) in [5.74, 6) is -2.65. The molecule has 1 aliphatic heterocycles. The summed E-state index contributed by atoms with van der Waals surface area (Å²) in [5, 5.41) is 9.19. The minimum absolute atomic E-state index is 0.0313. The van der Waals surface area contributed by atoms with Crippen LogP contribution in [-0.4, -0.2) is 38.4 Å². The van der Waals surface area contributed by atoms with Crippen LogP contribution in [0.5, 0.6) is 0 Å². The monoisotopic (exact) mass is 341 g/mol. The summed E-state index contributed by atoms with van der Waals surface area (Å²) in [4.78, 5) is 16.8. The van der Waals surface area contributed by atoms with Gasteiger partial charge in [-0.15, -0.1) is 0 Å². The fraction of sp³-hybridized carbons (Fsp3) is 0.500. The van der Waals surface area contributed by atoms with Crippen molar-refractivity contribution in [3.63, 3.8) is 0 Å². The molecule has 1 N–H and O–H groups in total. The minimum Gasteiger partial charge on any atom is -0.476 e. The lowest BCUT2D eigenvalue weighted by Gasteiger charge is -2.33. The second-order valence-electron chi connectivity index (χ2n) is 6.03. The number of hydrogen-bond donors (Lipinski definition) is 1. The number of carboxylic acid groups (broad SMARTS) is 1. The third-order valence-corrected chi connectivity index (χ3v) is 4.51. The SMILES string of the molecule is CC(c1cccc2c(C(=O)O)nc(C(F)(F)F)n12)N1CCCCC1. The Morgan fingerprint density at radius 3 is 2.50 bits per heavy atom. The molecule has 1 fully saturated rings. The van der Waals surface area contributed by atoms with Crippen molar-refractivity contribution in [2.45, 2.75) is 38.4 Å². The fourth-order valence-electron chi connectivity index (χ4n) is 3.33. The molecule has 5 nitrogen and oxygen atoms in total. The summed E-state index contributed by atoms with van der Waals surface area (Å²) < 4.78 is 41.1. The zero-order valence-corrected chi connectivity index (χ0v) is 13.2. The maximum absolute atomic E-state index is 13.4. The summed E-state index contributed by atoms with van der Waals surface area (Å²) in [6, 6.07) is 4.29. The molecule has 3 heterocycles. The van der Waals surface area contributed by atoms with E-state index in [1.54, 1.807) is 12.1 Å². The molecule has 0 aliphatic carbocycles. The van der Waals surface area contributed by atoms with Crippen LogP contribution in [0, 0.1) is 0 Å². The van der Waals surface area contributed by atoms with Crippen LogP contribution >= 0.6 is 0 Å². The molecule has 3 rings (SSSR count). The van der Waals surface area contributed by atoms with Crippen molar-refractivity contribution >= 4 is 11.5 Å². The van der Waals surface area contributed by atoms with E-state index in [0.717, 1.165) is 36.8 Å². The number of rotatable bonds is 3. The van der Waals surface area contributed by atoms with E-state index >= 15 is 0 Å². The smallest absolute Gasteiger partial charge is 0.450 e. The number of fused-ring (bicyclic) bond motifs is 1. The highest BCUT2D eigenvalue weighted by atomic mass is 19.4. The molecule has 1 unspecified atom stereocenters. The van der Waals surface area contributed by atoms with Crippen molar-refractivity contribution in [3.8, 4) is 0 Å². The first-order valence-corrected chi connectivity index (χ1v) is 7.86. The van der Waals surface area contributed by atoms with Crippen LogP contribution in [-0.2, 0) is 6.18 Å². The molecule has 0 amide bonds. The number of piperidine rings is 1. The Balaban J connectivity index is 2.19. The van der Waals surface area contributed by atoms with E-state index in [2.05, 4.69) is 9.88 Å². The van der Waals surface area contributed by atoms with E-state index in [1.807, 2.05) is 6.92 Å². The van der Waals surface area contributed by atoms with Gasteiger partial charge < -0.3 is 5.11 Å². The van der Waals surface area contributed by atoms with Crippen molar-refractivity contribution in [3.05, 3.63) is 35.4 Å². The topological polar surface area (TPSA) is 57.8 Å². The van der Waals surface area contributed by atoms with Crippen LogP contribution in [0.3, 0.4) is 0 Å². The molecule has 1 saturated heterocycles. The first-order valence-electron chi connectivity index (χ1n) is 7.86. The van der Waals surface area contributed by atoms with Gasteiger partial charge in [0.15, 0.2) is 5.69 Å². The number of pyridine rings is 1. The lowest BCUT2D eigenvalue weighted by molar-refractivity contribution is -0.145. The second-order valence-corrected chi connectivity index (χ2v) is 6.03. The Kier molecular flexibility index (Phi) is 4.25. The molecule has 24 heavy (non-hydrogen) atoms. The predicted molar refractivity (Wildman–Crippen MR) is 81.0 cm³/mol. The van der Waals surface area contributed by atoms with Gasteiger partial charge in [0, 0.05) is 11.7 Å². The first kappa shape index (κ1) is 16.8. The van der Waals surface area contributed by atoms with E-state index in [0.29, 0.717) is 5.69 Å². The molecule has 130 valence electrons. The van der Waals surface area contributed by atoms with Crippen LogP contribution in [0.25, 0.3) is 5.52 Å². The van der Waals surface area contributed by atoms with Crippen LogP contribution in [0.15, 0.2) is 18.2 Å². The van der Waals surface area contributed by atoms with Crippen LogP contribution in [0.4, 0.5) is 13.2 Å². The van der Waals surface area contributed by atoms with Crippen molar-refractivity contribution in [2.75, 3.05) is 13.1 Å².